The van der Waals surface area contributed by atoms with Crippen LogP contribution in [0, 0.1) is 18.6 Å². The Balaban J connectivity index is 1.46. The Morgan fingerprint density at radius 1 is 1.27 bits per heavy atom. The molecular weight excluding hydrogens is 396 g/mol. The van der Waals surface area contributed by atoms with Gasteiger partial charge in [0.1, 0.15) is 29.8 Å². The molecule has 156 valence electrons. The van der Waals surface area contributed by atoms with Crippen molar-refractivity contribution in [2.45, 2.75) is 32.5 Å². The summed E-state index contributed by atoms with van der Waals surface area (Å²) in [5.74, 6) is -1.89. The van der Waals surface area contributed by atoms with E-state index in [-0.39, 0.29) is 23.8 Å². The number of hydrogen-bond acceptors (Lipinski definition) is 5. The Bertz CT molecular complexity index is 1100. The minimum Gasteiger partial charge on any atom is -0.337 e. The predicted octanol–water partition coefficient (Wildman–Crippen LogP) is 1.27. The van der Waals surface area contributed by atoms with Crippen molar-refractivity contribution in [1.82, 2.24) is 29.9 Å². The molecule has 1 aromatic carbocycles. The van der Waals surface area contributed by atoms with Crippen molar-refractivity contribution in [3.63, 3.8) is 0 Å². The first-order valence-corrected chi connectivity index (χ1v) is 9.28. The number of rotatable bonds is 4. The highest BCUT2D eigenvalue weighted by Crippen LogP contribution is 2.21. The SMILES string of the molecule is Cc1cc2n(n1)CCC(NC(=O)c1ncn(Cc3c(F)cccc3F)n1)C(=O)N2C. The lowest BCUT2D eigenvalue weighted by Gasteiger charge is -2.19. The summed E-state index contributed by atoms with van der Waals surface area (Å²) in [6.07, 6.45) is 1.56. The maximum Gasteiger partial charge on any atom is 0.291 e. The Morgan fingerprint density at radius 2 is 2.00 bits per heavy atom. The molecule has 0 radical (unpaired) electrons. The van der Waals surface area contributed by atoms with Crippen LogP contribution in [0.5, 0.6) is 0 Å². The molecule has 0 aliphatic carbocycles. The molecular formula is C19H19F2N7O2. The number of halogens is 2. The third-order valence-corrected chi connectivity index (χ3v) is 4.91. The van der Waals surface area contributed by atoms with Crippen LogP contribution in [0.3, 0.4) is 0 Å². The summed E-state index contributed by atoms with van der Waals surface area (Å²) in [5.41, 5.74) is 0.618. The minimum absolute atomic E-state index is 0.181. The molecule has 0 saturated carbocycles. The molecule has 30 heavy (non-hydrogen) atoms. The normalized spacial score (nSPS) is 16.3. The van der Waals surface area contributed by atoms with E-state index < -0.39 is 23.6 Å². The van der Waals surface area contributed by atoms with Crippen molar-refractivity contribution in [2.75, 3.05) is 11.9 Å². The lowest BCUT2D eigenvalue weighted by molar-refractivity contribution is -0.120. The van der Waals surface area contributed by atoms with Gasteiger partial charge >= 0.3 is 0 Å². The number of hydrogen-bond donors (Lipinski definition) is 1. The number of amides is 2. The van der Waals surface area contributed by atoms with Crippen LogP contribution in [0.1, 0.15) is 28.3 Å². The minimum atomic E-state index is -0.777. The Hall–Kier alpha value is -3.63. The van der Waals surface area contributed by atoms with E-state index in [0.717, 1.165) is 22.5 Å². The third kappa shape index (κ3) is 3.65. The van der Waals surface area contributed by atoms with Crippen molar-refractivity contribution >= 4 is 17.6 Å². The summed E-state index contributed by atoms with van der Waals surface area (Å²) in [6, 6.07) is 4.57. The number of aromatic nitrogens is 5. The molecule has 3 heterocycles. The molecule has 0 spiro atoms. The van der Waals surface area contributed by atoms with E-state index in [9.17, 15) is 18.4 Å². The lowest BCUT2D eigenvalue weighted by Crippen LogP contribution is -2.47. The number of benzene rings is 1. The highest BCUT2D eigenvalue weighted by molar-refractivity contribution is 6.00. The molecule has 1 N–H and O–H groups in total. The van der Waals surface area contributed by atoms with E-state index in [0.29, 0.717) is 18.8 Å². The molecule has 1 aliphatic rings. The summed E-state index contributed by atoms with van der Waals surface area (Å²) >= 11 is 0. The van der Waals surface area contributed by atoms with Gasteiger partial charge in [-0.15, -0.1) is 5.10 Å². The Morgan fingerprint density at radius 3 is 2.73 bits per heavy atom. The van der Waals surface area contributed by atoms with Gasteiger partial charge in [-0.05, 0) is 25.5 Å². The maximum atomic E-state index is 13.8. The van der Waals surface area contributed by atoms with Crippen LogP contribution < -0.4 is 10.2 Å². The average molecular weight is 415 g/mol. The van der Waals surface area contributed by atoms with Gasteiger partial charge in [-0.25, -0.2) is 23.1 Å². The van der Waals surface area contributed by atoms with Crippen LogP contribution in [0.2, 0.25) is 0 Å². The topological polar surface area (TPSA) is 97.9 Å². The van der Waals surface area contributed by atoms with E-state index in [4.69, 9.17) is 0 Å². The zero-order valence-electron chi connectivity index (χ0n) is 16.3. The first-order valence-electron chi connectivity index (χ1n) is 9.28. The second-order valence-electron chi connectivity index (χ2n) is 7.05. The van der Waals surface area contributed by atoms with Gasteiger partial charge in [-0.2, -0.15) is 5.10 Å². The van der Waals surface area contributed by atoms with E-state index in [1.54, 1.807) is 17.8 Å². The van der Waals surface area contributed by atoms with Crippen LogP contribution in [-0.2, 0) is 17.9 Å². The summed E-state index contributed by atoms with van der Waals surface area (Å²) in [5, 5.41) is 11.0. The summed E-state index contributed by atoms with van der Waals surface area (Å²) < 4.78 is 30.5. The molecule has 9 nitrogen and oxygen atoms in total. The number of aryl methyl sites for hydroxylation is 2. The van der Waals surface area contributed by atoms with Crippen molar-refractivity contribution in [3.8, 4) is 0 Å². The van der Waals surface area contributed by atoms with Crippen molar-refractivity contribution in [3.05, 3.63) is 59.3 Å². The standard InChI is InChI=1S/C19H19F2N7O2/c1-11-8-16-26(2)19(30)15(6-7-28(16)24-11)23-18(29)17-22-10-27(25-17)9-12-13(20)4-3-5-14(12)21/h3-5,8,10,15H,6-7,9H2,1-2H3,(H,23,29). The van der Waals surface area contributed by atoms with E-state index in [1.165, 1.54) is 17.3 Å². The van der Waals surface area contributed by atoms with Crippen molar-refractivity contribution < 1.29 is 18.4 Å². The molecule has 0 saturated heterocycles. The van der Waals surface area contributed by atoms with Crippen LogP contribution >= 0.6 is 0 Å². The van der Waals surface area contributed by atoms with Crippen molar-refractivity contribution in [1.29, 1.82) is 0 Å². The maximum absolute atomic E-state index is 13.8. The second-order valence-corrected chi connectivity index (χ2v) is 7.05. The highest BCUT2D eigenvalue weighted by atomic mass is 19.1. The molecule has 4 rings (SSSR count). The average Bonchev–Trinajstić information content (AvgIpc) is 3.31. The van der Waals surface area contributed by atoms with E-state index >= 15 is 0 Å². The second kappa shape index (κ2) is 7.65. The quantitative estimate of drug-likeness (QED) is 0.692. The van der Waals surface area contributed by atoms with Gasteiger partial charge in [0.05, 0.1) is 12.2 Å². The number of nitrogens with zero attached hydrogens (tertiary/aromatic N) is 6. The monoisotopic (exact) mass is 415 g/mol. The number of fused-ring (bicyclic) bond motifs is 1. The Kier molecular flexibility index (Phi) is 5.02. The number of carbonyl (C=O) groups is 2. The zero-order valence-corrected chi connectivity index (χ0v) is 16.3. The first kappa shape index (κ1) is 19.7. The van der Waals surface area contributed by atoms with Gasteiger partial charge < -0.3 is 5.32 Å². The van der Waals surface area contributed by atoms with Crippen LogP contribution in [-0.4, -0.2) is 49.4 Å². The molecule has 2 amide bonds. The largest absolute Gasteiger partial charge is 0.337 e. The van der Waals surface area contributed by atoms with Crippen LogP contribution in [0.25, 0.3) is 0 Å². The van der Waals surface area contributed by atoms with Gasteiger partial charge in [-0.1, -0.05) is 6.07 Å². The summed E-state index contributed by atoms with van der Waals surface area (Å²) in [7, 11) is 1.62. The number of anilines is 1. The van der Waals surface area contributed by atoms with Gasteiger partial charge in [0.2, 0.25) is 5.82 Å². The predicted molar refractivity (Wildman–Crippen MR) is 102 cm³/mol. The molecule has 1 aliphatic heterocycles. The Labute approximate surface area is 170 Å². The zero-order chi connectivity index (χ0) is 21.4. The fraction of sp³-hybridized carbons (Fsp3) is 0.316. The molecule has 1 unspecified atom stereocenters. The van der Waals surface area contributed by atoms with Crippen LogP contribution in [0.15, 0.2) is 30.6 Å². The smallest absolute Gasteiger partial charge is 0.291 e. The van der Waals surface area contributed by atoms with Crippen molar-refractivity contribution in [2.24, 2.45) is 0 Å². The summed E-state index contributed by atoms with van der Waals surface area (Å²) in [4.78, 5) is 30.6. The molecule has 1 atom stereocenters. The summed E-state index contributed by atoms with van der Waals surface area (Å²) in [6.45, 7) is 2.08. The highest BCUT2D eigenvalue weighted by Gasteiger charge is 2.31. The molecule has 0 bridgehead atoms. The molecule has 0 fully saturated rings. The van der Waals surface area contributed by atoms with Gasteiger partial charge in [0.25, 0.3) is 11.8 Å². The first-order chi connectivity index (χ1) is 14.3. The van der Waals surface area contributed by atoms with Gasteiger partial charge in [0, 0.05) is 25.2 Å². The molecule has 3 aromatic rings. The third-order valence-electron chi connectivity index (χ3n) is 4.91. The molecule has 2 aromatic heterocycles. The number of nitrogens with one attached hydrogen (secondary N) is 1. The molecule has 11 heteroatoms. The fourth-order valence-corrected chi connectivity index (χ4v) is 3.36. The van der Waals surface area contributed by atoms with E-state index in [1.807, 2.05) is 6.92 Å². The fourth-order valence-electron chi connectivity index (χ4n) is 3.36. The van der Waals surface area contributed by atoms with Crippen LogP contribution in [0.4, 0.5) is 14.6 Å². The van der Waals surface area contributed by atoms with Gasteiger partial charge in [-0.3, -0.25) is 14.5 Å². The number of carbonyl (C=O) groups excluding carboxylic acids is 2. The lowest BCUT2D eigenvalue weighted by atomic mass is 10.2. The van der Waals surface area contributed by atoms with E-state index in [2.05, 4.69) is 20.5 Å². The van der Waals surface area contributed by atoms with Gasteiger partial charge in [0.15, 0.2) is 0 Å². The number of likely N-dealkylation sites (N-methyl/N-ethyl adjacent to an activating group) is 1.